The Hall–Kier alpha value is -3.28. The van der Waals surface area contributed by atoms with Crippen LogP contribution >= 0.6 is 0 Å². The van der Waals surface area contributed by atoms with Crippen LogP contribution in [-0.4, -0.2) is 43.1 Å². The van der Waals surface area contributed by atoms with Crippen LogP contribution in [0.5, 0.6) is 11.5 Å². The Morgan fingerprint density at radius 1 is 1.03 bits per heavy atom. The second-order valence-electron chi connectivity index (χ2n) is 6.96. The van der Waals surface area contributed by atoms with Crippen molar-refractivity contribution in [1.29, 1.82) is 0 Å². The van der Waals surface area contributed by atoms with Gasteiger partial charge < -0.3 is 19.1 Å². The van der Waals surface area contributed by atoms with Crippen molar-refractivity contribution in [2.45, 2.75) is 25.9 Å². The first-order valence-corrected chi connectivity index (χ1v) is 10.2. The highest BCUT2D eigenvalue weighted by Gasteiger charge is 2.20. The molecule has 158 valence electrons. The number of benzene rings is 2. The quantitative estimate of drug-likeness (QED) is 0.420. The minimum Gasteiger partial charge on any atom is -0.491 e. The molecule has 1 aliphatic rings. The topological polar surface area (TPSA) is 65.1 Å². The maximum Gasteiger partial charge on any atom is 0.330 e. The van der Waals surface area contributed by atoms with E-state index in [0.29, 0.717) is 44.1 Å². The number of likely N-dealkylation sites (tertiary alicyclic amines) is 1. The van der Waals surface area contributed by atoms with Gasteiger partial charge in [-0.25, -0.2) is 4.79 Å². The van der Waals surface area contributed by atoms with E-state index in [9.17, 15) is 9.59 Å². The third-order valence-corrected chi connectivity index (χ3v) is 4.88. The van der Waals surface area contributed by atoms with E-state index in [1.165, 1.54) is 0 Å². The first kappa shape index (κ1) is 21.4. The normalized spacial score (nSPS) is 13.2. The maximum absolute atomic E-state index is 11.8. The molecule has 1 fully saturated rings. The van der Waals surface area contributed by atoms with Gasteiger partial charge in [-0.15, -0.1) is 0 Å². The molecule has 2 aromatic rings. The van der Waals surface area contributed by atoms with E-state index in [4.69, 9.17) is 14.2 Å². The minimum atomic E-state index is -0.465. The van der Waals surface area contributed by atoms with Crippen molar-refractivity contribution in [2.24, 2.45) is 0 Å². The van der Waals surface area contributed by atoms with Gasteiger partial charge in [0.05, 0.1) is 13.2 Å². The standard InChI is InChI=1S/C24H27NO5/c1-2-24(27)29-16-13-20-21(28-17-15-25-14-7-12-23(25)26)10-6-11-22(20)30-18-19-8-4-3-5-9-19/h2-6,8-11H,1,7,12-18H2. The number of ether oxygens (including phenoxy) is 3. The van der Waals surface area contributed by atoms with E-state index in [1.807, 2.05) is 53.4 Å². The lowest BCUT2D eigenvalue weighted by atomic mass is 10.1. The summed E-state index contributed by atoms with van der Waals surface area (Å²) in [5.41, 5.74) is 1.89. The summed E-state index contributed by atoms with van der Waals surface area (Å²) in [6.45, 7) is 5.76. The smallest absolute Gasteiger partial charge is 0.330 e. The Balaban J connectivity index is 1.67. The summed E-state index contributed by atoms with van der Waals surface area (Å²) in [6, 6.07) is 15.5. The van der Waals surface area contributed by atoms with Gasteiger partial charge in [-0.1, -0.05) is 43.0 Å². The summed E-state index contributed by atoms with van der Waals surface area (Å²) in [4.78, 5) is 25.0. The number of amides is 1. The van der Waals surface area contributed by atoms with Crippen molar-refractivity contribution in [3.05, 3.63) is 72.3 Å². The van der Waals surface area contributed by atoms with Gasteiger partial charge in [0.1, 0.15) is 24.7 Å². The molecular formula is C24H27NO5. The molecule has 0 spiro atoms. The fourth-order valence-electron chi connectivity index (χ4n) is 3.32. The van der Waals surface area contributed by atoms with Gasteiger partial charge in [-0.05, 0) is 24.1 Å². The van der Waals surface area contributed by atoms with Crippen LogP contribution in [0.25, 0.3) is 0 Å². The lowest BCUT2D eigenvalue weighted by Gasteiger charge is -2.19. The molecule has 1 amide bonds. The van der Waals surface area contributed by atoms with E-state index in [1.54, 1.807) is 0 Å². The fraction of sp³-hybridized carbons (Fsp3) is 0.333. The molecule has 0 aliphatic carbocycles. The monoisotopic (exact) mass is 409 g/mol. The van der Waals surface area contributed by atoms with E-state index < -0.39 is 5.97 Å². The molecule has 0 bridgehead atoms. The molecule has 6 heteroatoms. The van der Waals surface area contributed by atoms with E-state index in [0.717, 1.165) is 30.2 Å². The molecule has 1 heterocycles. The number of esters is 1. The van der Waals surface area contributed by atoms with Crippen molar-refractivity contribution >= 4 is 11.9 Å². The number of carbonyl (C=O) groups is 2. The summed E-state index contributed by atoms with van der Waals surface area (Å²) in [6.07, 6.45) is 3.11. The number of hydrogen-bond acceptors (Lipinski definition) is 5. The maximum atomic E-state index is 11.8. The van der Waals surface area contributed by atoms with Crippen molar-refractivity contribution < 1.29 is 23.8 Å². The van der Waals surface area contributed by atoms with Gasteiger partial charge in [0.2, 0.25) is 5.91 Å². The van der Waals surface area contributed by atoms with Crippen LogP contribution in [0, 0.1) is 0 Å². The van der Waals surface area contributed by atoms with Gasteiger partial charge in [0.25, 0.3) is 0 Å². The lowest BCUT2D eigenvalue weighted by molar-refractivity contribution is -0.137. The molecule has 0 saturated carbocycles. The molecule has 30 heavy (non-hydrogen) atoms. The van der Waals surface area contributed by atoms with E-state index >= 15 is 0 Å². The molecule has 0 N–H and O–H groups in total. The molecule has 3 rings (SSSR count). The summed E-state index contributed by atoms with van der Waals surface area (Å²) < 4.78 is 17.2. The number of hydrogen-bond donors (Lipinski definition) is 0. The second-order valence-corrected chi connectivity index (χ2v) is 6.96. The summed E-state index contributed by atoms with van der Waals surface area (Å²) in [5.74, 6) is 1.06. The Morgan fingerprint density at radius 3 is 2.50 bits per heavy atom. The van der Waals surface area contributed by atoms with Crippen molar-refractivity contribution in [1.82, 2.24) is 4.90 Å². The van der Waals surface area contributed by atoms with Gasteiger partial charge in [0.15, 0.2) is 0 Å². The van der Waals surface area contributed by atoms with Crippen LogP contribution in [0.4, 0.5) is 0 Å². The highest BCUT2D eigenvalue weighted by molar-refractivity contribution is 5.81. The number of nitrogens with zero attached hydrogens (tertiary/aromatic N) is 1. The predicted molar refractivity (Wildman–Crippen MR) is 113 cm³/mol. The fourth-order valence-corrected chi connectivity index (χ4v) is 3.32. The largest absolute Gasteiger partial charge is 0.491 e. The minimum absolute atomic E-state index is 0.176. The summed E-state index contributed by atoms with van der Waals surface area (Å²) in [5, 5.41) is 0. The van der Waals surface area contributed by atoms with Gasteiger partial charge in [-0.3, -0.25) is 4.79 Å². The molecule has 0 atom stereocenters. The first-order chi connectivity index (χ1) is 14.7. The zero-order valence-electron chi connectivity index (χ0n) is 17.0. The van der Waals surface area contributed by atoms with Crippen LogP contribution in [0.15, 0.2) is 61.2 Å². The van der Waals surface area contributed by atoms with Crippen LogP contribution in [0.1, 0.15) is 24.0 Å². The molecular weight excluding hydrogens is 382 g/mol. The van der Waals surface area contributed by atoms with Crippen LogP contribution in [0.3, 0.4) is 0 Å². The highest BCUT2D eigenvalue weighted by Crippen LogP contribution is 2.30. The Kier molecular flexibility index (Phi) is 7.89. The van der Waals surface area contributed by atoms with Gasteiger partial charge in [-0.2, -0.15) is 0 Å². The second kappa shape index (κ2) is 11.0. The molecule has 0 radical (unpaired) electrons. The van der Waals surface area contributed by atoms with Gasteiger partial charge >= 0.3 is 5.97 Å². The Labute approximate surface area is 177 Å². The molecule has 2 aromatic carbocycles. The summed E-state index contributed by atoms with van der Waals surface area (Å²) in [7, 11) is 0. The summed E-state index contributed by atoms with van der Waals surface area (Å²) >= 11 is 0. The predicted octanol–water partition coefficient (Wildman–Crippen LogP) is 3.54. The van der Waals surface area contributed by atoms with Crippen molar-refractivity contribution in [3.63, 3.8) is 0 Å². The molecule has 0 unspecified atom stereocenters. The molecule has 6 nitrogen and oxygen atoms in total. The highest BCUT2D eigenvalue weighted by atomic mass is 16.5. The first-order valence-electron chi connectivity index (χ1n) is 10.2. The third-order valence-electron chi connectivity index (χ3n) is 4.88. The number of rotatable bonds is 11. The van der Waals surface area contributed by atoms with Gasteiger partial charge in [0, 0.05) is 31.0 Å². The lowest BCUT2D eigenvalue weighted by Crippen LogP contribution is -2.29. The zero-order valence-corrected chi connectivity index (χ0v) is 17.0. The molecule has 0 aromatic heterocycles. The Bertz CT molecular complexity index is 865. The Morgan fingerprint density at radius 2 is 1.80 bits per heavy atom. The van der Waals surface area contributed by atoms with Crippen molar-refractivity contribution in [2.75, 3.05) is 26.3 Å². The van der Waals surface area contributed by atoms with E-state index in [-0.39, 0.29) is 12.5 Å². The average molecular weight is 409 g/mol. The van der Waals surface area contributed by atoms with Crippen molar-refractivity contribution in [3.8, 4) is 11.5 Å². The molecule has 1 saturated heterocycles. The SMILES string of the molecule is C=CC(=O)OCCc1c(OCCN2CCCC2=O)cccc1OCc1ccccc1. The van der Waals surface area contributed by atoms with E-state index in [2.05, 4.69) is 6.58 Å². The third kappa shape index (κ3) is 6.11. The van der Waals surface area contributed by atoms with Crippen LogP contribution in [0.2, 0.25) is 0 Å². The van der Waals surface area contributed by atoms with Crippen LogP contribution < -0.4 is 9.47 Å². The average Bonchev–Trinajstić information content (AvgIpc) is 3.18. The number of carbonyl (C=O) groups excluding carboxylic acids is 2. The molecule has 1 aliphatic heterocycles. The van der Waals surface area contributed by atoms with Crippen LogP contribution in [-0.2, 0) is 27.4 Å². The zero-order chi connectivity index (χ0) is 21.2.